The van der Waals surface area contributed by atoms with Crippen molar-refractivity contribution in [3.8, 4) is 5.75 Å². The van der Waals surface area contributed by atoms with Crippen LogP contribution in [0.25, 0.3) is 0 Å². The summed E-state index contributed by atoms with van der Waals surface area (Å²) in [6.07, 6.45) is 1.77. The molecule has 1 aromatic heterocycles. The van der Waals surface area contributed by atoms with Gasteiger partial charge in [0.2, 0.25) is 5.43 Å². The Hall–Kier alpha value is -3.23. The number of carbonyl (C=O) groups excluding carboxylic acids is 2. The summed E-state index contributed by atoms with van der Waals surface area (Å²) in [5.74, 6) is -2.80. The Kier molecular flexibility index (Phi) is 5.07. The molecular weight excluding hydrogens is 408 g/mol. The first-order valence-corrected chi connectivity index (χ1v) is 10.1. The summed E-state index contributed by atoms with van der Waals surface area (Å²) in [4.78, 5) is 39.5. The Balaban J connectivity index is 1.71. The van der Waals surface area contributed by atoms with Crippen molar-refractivity contribution in [3.05, 3.63) is 62.8 Å². The smallest absolute Gasteiger partial charge is 0.274 e. The van der Waals surface area contributed by atoms with Gasteiger partial charge in [0.15, 0.2) is 11.4 Å². The predicted molar refractivity (Wildman–Crippen MR) is 108 cm³/mol. The molecule has 0 aliphatic carbocycles. The molecule has 1 aromatic carbocycles. The Morgan fingerprint density at radius 2 is 2.10 bits per heavy atom. The fourth-order valence-corrected chi connectivity index (χ4v) is 4.29. The maximum atomic E-state index is 15.4. The first-order chi connectivity index (χ1) is 14.6. The summed E-state index contributed by atoms with van der Waals surface area (Å²) in [7, 11) is 0. The van der Waals surface area contributed by atoms with Crippen LogP contribution in [0, 0.1) is 12.7 Å². The first kappa shape index (κ1) is 21.0. The Labute approximate surface area is 177 Å². The lowest BCUT2D eigenvalue weighted by molar-refractivity contribution is 0.0520. The van der Waals surface area contributed by atoms with Crippen molar-refractivity contribution in [1.29, 1.82) is 0 Å². The van der Waals surface area contributed by atoms with Gasteiger partial charge in [0.05, 0.1) is 6.04 Å². The Bertz CT molecular complexity index is 1140. The normalized spacial score (nSPS) is 22.6. The van der Waals surface area contributed by atoms with E-state index in [9.17, 15) is 23.9 Å². The molecular formula is C22H23F2N3O4. The number of carbonyl (C=O) groups is 2. The second-order valence-corrected chi connectivity index (χ2v) is 8.40. The van der Waals surface area contributed by atoms with Crippen molar-refractivity contribution in [2.75, 3.05) is 13.1 Å². The van der Waals surface area contributed by atoms with Crippen LogP contribution in [0.2, 0.25) is 0 Å². The third kappa shape index (κ3) is 3.58. The van der Waals surface area contributed by atoms with Crippen LogP contribution < -0.4 is 10.7 Å². The second kappa shape index (κ2) is 7.47. The van der Waals surface area contributed by atoms with Gasteiger partial charge in [-0.2, -0.15) is 0 Å². The monoisotopic (exact) mass is 431 g/mol. The molecule has 2 aromatic rings. The molecule has 2 amide bonds. The molecule has 0 radical (unpaired) electrons. The predicted octanol–water partition coefficient (Wildman–Crippen LogP) is 2.45. The number of hydrogen-bond acceptors (Lipinski definition) is 4. The van der Waals surface area contributed by atoms with Gasteiger partial charge in [0.1, 0.15) is 17.0 Å². The van der Waals surface area contributed by atoms with Gasteiger partial charge in [-0.1, -0.05) is 12.1 Å². The molecule has 4 rings (SSSR count). The van der Waals surface area contributed by atoms with Crippen LogP contribution in [0.3, 0.4) is 0 Å². The number of pyridine rings is 1. The first-order valence-electron chi connectivity index (χ1n) is 10.1. The molecule has 0 unspecified atom stereocenters. The minimum Gasteiger partial charge on any atom is -0.503 e. The molecule has 2 aliphatic heterocycles. The van der Waals surface area contributed by atoms with E-state index in [2.05, 4.69) is 5.32 Å². The van der Waals surface area contributed by atoms with E-state index in [1.807, 2.05) is 0 Å². The molecule has 2 aliphatic rings. The van der Waals surface area contributed by atoms with Gasteiger partial charge in [-0.3, -0.25) is 14.4 Å². The highest BCUT2D eigenvalue weighted by atomic mass is 19.1. The van der Waals surface area contributed by atoms with Crippen molar-refractivity contribution in [3.63, 3.8) is 0 Å². The molecule has 1 saturated heterocycles. The van der Waals surface area contributed by atoms with Gasteiger partial charge in [-0.05, 0) is 38.3 Å². The summed E-state index contributed by atoms with van der Waals surface area (Å²) < 4.78 is 30.6. The lowest BCUT2D eigenvalue weighted by Gasteiger charge is -2.38. The van der Waals surface area contributed by atoms with Crippen LogP contribution >= 0.6 is 0 Å². The largest absolute Gasteiger partial charge is 0.503 e. The highest BCUT2D eigenvalue weighted by Crippen LogP contribution is 2.40. The maximum Gasteiger partial charge on any atom is 0.274 e. The minimum absolute atomic E-state index is 0.0801. The van der Waals surface area contributed by atoms with E-state index in [-0.39, 0.29) is 30.8 Å². The van der Waals surface area contributed by atoms with Crippen LogP contribution in [0.15, 0.2) is 29.2 Å². The minimum atomic E-state index is -1.70. The number of benzene rings is 1. The Morgan fingerprint density at radius 3 is 2.81 bits per heavy atom. The fraction of sp³-hybridized carbons (Fsp3) is 0.409. The highest BCUT2D eigenvalue weighted by molar-refractivity contribution is 5.99. The zero-order valence-electron chi connectivity index (χ0n) is 17.2. The molecule has 3 heterocycles. The SMILES string of the molecule is Cc1ccc(CNC(=O)c2cn3c(c(O)c2=O)C(=O)N2CCC[C@@](C)(F)[C@@H]3C2)c(F)c1. The molecule has 9 heteroatoms. The zero-order valence-corrected chi connectivity index (χ0v) is 17.2. The molecule has 7 nitrogen and oxygen atoms in total. The van der Waals surface area contributed by atoms with Gasteiger partial charge >= 0.3 is 0 Å². The molecule has 31 heavy (non-hydrogen) atoms. The van der Waals surface area contributed by atoms with Gasteiger partial charge in [0, 0.05) is 31.4 Å². The number of alkyl halides is 1. The topological polar surface area (TPSA) is 91.6 Å². The number of hydrogen-bond donors (Lipinski definition) is 2. The Morgan fingerprint density at radius 1 is 1.35 bits per heavy atom. The lowest BCUT2D eigenvalue weighted by Crippen LogP contribution is -2.48. The number of aromatic nitrogens is 1. The average Bonchev–Trinajstić information content (AvgIpc) is 2.84. The van der Waals surface area contributed by atoms with Crippen molar-refractivity contribution < 1.29 is 23.5 Å². The van der Waals surface area contributed by atoms with Crippen molar-refractivity contribution >= 4 is 11.8 Å². The fourth-order valence-electron chi connectivity index (χ4n) is 4.29. The van der Waals surface area contributed by atoms with E-state index in [1.54, 1.807) is 13.0 Å². The van der Waals surface area contributed by atoms with E-state index in [4.69, 9.17) is 0 Å². The number of aryl methyl sites for hydroxylation is 1. The highest BCUT2D eigenvalue weighted by Gasteiger charge is 2.46. The van der Waals surface area contributed by atoms with Crippen molar-refractivity contribution in [2.45, 2.75) is 44.9 Å². The molecule has 164 valence electrons. The number of halogens is 2. The zero-order chi connectivity index (χ0) is 22.5. The third-order valence-electron chi connectivity index (χ3n) is 6.11. The van der Waals surface area contributed by atoms with Crippen LogP contribution in [0.5, 0.6) is 5.75 Å². The van der Waals surface area contributed by atoms with Crippen LogP contribution in [0.1, 0.15) is 57.8 Å². The van der Waals surface area contributed by atoms with Gasteiger partial charge in [-0.15, -0.1) is 0 Å². The maximum absolute atomic E-state index is 15.4. The standard InChI is InChI=1S/C22H23F2N3O4/c1-12-4-5-13(15(23)8-12)9-25-20(30)14-10-27-16-11-26(7-3-6-22(16,2)24)21(31)17(27)19(29)18(14)28/h4-5,8,10,16,29H,3,6-7,9,11H2,1-2H3,(H,25,30)/t16-,22+/m0/s1. The molecule has 0 saturated carbocycles. The van der Waals surface area contributed by atoms with Gasteiger partial charge < -0.3 is 19.9 Å². The second-order valence-electron chi connectivity index (χ2n) is 8.40. The van der Waals surface area contributed by atoms with E-state index >= 15 is 4.39 Å². The number of aromatic hydroxyl groups is 1. The molecule has 2 atom stereocenters. The number of fused-ring (bicyclic) bond motifs is 4. The van der Waals surface area contributed by atoms with Crippen LogP contribution in [-0.4, -0.2) is 45.1 Å². The van der Waals surface area contributed by atoms with Crippen molar-refractivity contribution in [1.82, 2.24) is 14.8 Å². The van der Waals surface area contributed by atoms with Gasteiger partial charge in [-0.25, -0.2) is 8.78 Å². The lowest BCUT2D eigenvalue weighted by atomic mass is 9.92. The molecule has 2 N–H and O–H groups in total. The van der Waals surface area contributed by atoms with Crippen LogP contribution in [-0.2, 0) is 6.54 Å². The van der Waals surface area contributed by atoms with E-state index in [0.29, 0.717) is 13.0 Å². The van der Waals surface area contributed by atoms with Gasteiger partial charge in [0.25, 0.3) is 11.8 Å². The number of nitrogens with zero attached hydrogens (tertiary/aromatic N) is 2. The molecule has 0 spiro atoms. The summed E-state index contributed by atoms with van der Waals surface area (Å²) in [5.41, 5.74) is -2.52. The van der Waals surface area contributed by atoms with E-state index in [1.165, 1.54) is 28.5 Å². The third-order valence-corrected chi connectivity index (χ3v) is 6.11. The van der Waals surface area contributed by atoms with Crippen LogP contribution in [0.4, 0.5) is 8.78 Å². The average molecular weight is 431 g/mol. The summed E-state index contributed by atoms with van der Waals surface area (Å²) in [6, 6.07) is 3.69. The van der Waals surface area contributed by atoms with E-state index < -0.39 is 46.1 Å². The number of nitrogens with one attached hydrogen (secondary N) is 1. The summed E-state index contributed by atoms with van der Waals surface area (Å²) in [5, 5.41) is 12.9. The quantitative estimate of drug-likeness (QED) is 0.781. The number of amides is 2. The number of rotatable bonds is 3. The summed E-state index contributed by atoms with van der Waals surface area (Å²) >= 11 is 0. The van der Waals surface area contributed by atoms with Crippen molar-refractivity contribution in [2.24, 2.45) is 0 Å². The molecule has 1 fully saturated rings. The van der Waals surface area contributed by atoms with E-state index in [0.717, 1.165) is 11.8 Å². The molecule has 2 bridgehead atoms. The summed E-state index contributed by atoms with van der Waals surface area (Å²) in [6.45, 7) is 3.38.